The monoisotopic (exact) mass is 292 g/mol. The molecule has 5 heteroatoms. The minimum absolute atomic E-state index is 0.492. The Morgan fingerprint density at radius 2 is 1.70 bits per heavy atom. The Kier molecular flexibility index (Phi) is 4.25. The lowest BCUT2D eigenvalue weighted by Crippen LogP contribution is -1.99. The quantitative estimate of drug-likeness (QED) is 0.837. The summed E-state index contributed by atoms with van der Waals surface area (Å²) in [7, 11) is 3.15. The fraction of sp³-hybridized carbons (Fsp3) is 0.200. The predicted molar refractivity (Wildman–Crippen MR) is 83.4 cm³/mol. The molecule has 2 aromatic rings. The molecule has 4 nitrogen and oxygen atoms in total. The highest BCUT2D eigenvalue weighted by molar-refractivity contribution is 6.32. The Labute approximate surface area is 123 Å². The van der Waals surface area contributed by atoms with Crippen LogP contribution in [0.4, 0.5) is 17.1 Å². The van der Waals surface area contributed by atoms with Gasteiger partial charge in [0.25, 0.3) is 0 Å². The Balaban J connectivity index is 2.41. The number of ether oxygens (including phenoxy) is 2. The molecule has 106 valence electrons. The van der Waals surface area contributed by atoms with Gasteiger partial charge in [-0.2, -0.15) is 0 Å². The zero-order valence-corrected chi connectivity index (χ0v) is 12.4. The smallest absolute Gasteiger partial charge is 0.144 e. The average Bonchev–Trinajstić information content (AvgIpc) is 2.43. The van der Waals surface area contributed by atoms with Crippen LogP contribution in [-0.2, 0) is 0 Å². The van der Waals surface area contributed by atoms with Gasteiger partial charge in [-0.15, -0.1) is 0 Å². The third kappa shape index (κ3) is 2.91. The number of hydrogen-bond donors (Lipinski definition) is 2. The van der Waals surface area contributed by atoms with Gasteiger partial charge in [0.2, 0.25) is 0 Å². The number of methoxy groups -OCH3 is 2. The van der Waals surface area contributed by atoms with Crippen molar-refractivity contribution in [1.82, 2.24) is 0 Å². The highest BCUT2D eigenvalue weighted by Gasteiger charge is 2.11. The van der Waals surface area contributed by atoms with Crippen LogP contribution in [0.15, 0.2) is 30.3 Å². The maximum absolute atomic E-state index is 6.08. The summed E-state index contributed by atoms with van der Waals surface area (Å²) in [6, 6.07) is 9.29. The number of benzene rings is 2. The van der Waals surface area contributed by atoms with E-state index in [1.165, 1.54) is 0 Å². The SMILES string of the molecule is COc1cc(Nc2ccc(C)cc2N)c(OC)cc1Cl. The molecule has 0 radical (unpaired) electrons. The summed E-state index contributed by atoms with van der Waals surface area (Å²) in [4.78, 5) is 0. The molecule has 20 heavy (non-hydrogen) atoms. The second kappa shape index (κ2) is 5.92. The topological polar surface area (TPSA) is 56.5 Å². The number of nitrogens with one attached hydrogen (secondary N) is 1. The first-order chi connectivity index (χ1) is 9.55. The Hall–Kier alpha value is -2.07. The van der Waals surface area contributed by atoms with Crippen LogP contribution in [0.1, 0.15) is 5.56 Å². The van der Waals surface area contributed by atoms with Gasteiger partial charge in [-0.1, -0.05) is 17.7 Å². The van der Waals surface area contributed by atoms with Crippen molar-refractivity contribution in [1.29, 1.82) is 0 Å². The van der Waals surface area contributed by atoms with Gasteiger partial charge in [-0.05, 0) is 24.6 Å². The maximum Gasteiger partial charge on any atom is 0.144 e. The van der Waals surface area contributed by atoms with Gasteiger partial charge in [0.1, 0.15) is 11.5 Å². The predicted octanol–water partition coefficient (Wildman–Crippen LogP) is 3.99. The van der Waals surface area contributed by atoms with E-state index in [9.17, 15) is 0 Å². The summed E-state index contributed by atoms with van der Waals surface area (Å²) < 4.78 is 10.5. The summed E-state index contributed by atoms with van der Waals surface area (Å²) in [5.74, 6) is 1.19. The van der Waals surface area contributed by atoms with Crippen molar-refractivity contribution in [3.8, 4) is 11.5 Å². The minimum atomic E-state index is 0.492. The zero-order valence-electron chi connectivity index (χ0n) is 11.7. The largest absolute Gasteiger partial charge is 0.495 e. The van der Waals surface area contributed by atoms with Crippen molar-refractivity contribution in [2.75, 3.05) is 25.3 Å². The molecule has 0 heterocycles. The molecular weight excluding hydrogens is 276 g/mol. The molecule has 0 saturated heterocycles. The van der Waals surface area contributed by atoms with Crippen LogP contribution in [-0.4, -0.2) is 14.2 Å². The fourth-order valence-electron chi connectivity index (χ4n) is 1.90. The summed E-state index contributed by atoms with van der Waals surface area (Å²) in [6.45, 7) is 1.99. The second-order valence-electron chi connectivity index (χ2n) is 4.40. The van der Waals surface area contributed by atoms with E-state index in [0.717, 1.165) is 16.9 Å². The van der Waals surface area contributed by atoms with Gasteiger partial charge in [-0.3, -0.25) is 0 Å². The van der Waals surface area contributed by atoms with E-state index in [4.69, 9.17) is 26.8 Å². The molecule has 0 spiro atoms. The molecule has 2 rings (SSSR count). The van der Waals surface area contributed by atoms with Crippen molar-refractivity contribution in [3.05, 3.63) is 40.9 Å². The Morgan fingerprint density at radius 1 is 1.00 bits per heavy atom. The fourth-order valence-corrected chi connectivity index (χ4v) is 2.13. The minimum Gasteiger partial charge on any atom is -0.495 e. The average molecular weight is 293 g/mol. The first kappa shape index (κ1) is 14.3. The third-order valence-corrected chi connectivity index (χ3v) is 3.25. The van der Waals surface area contributed by atoms with E-state index in [0.29, 0.717) is 22.2 Å². The molecular formula is C15H17ClN2O2. The number of rotatable bonds is 4. The van der Waals surface area contributed by atoms with Crippen molar-refractivity contribution < 1.29 is 9.47 Å². The van der Waals surface area contributed by atoms with Crippen LogP contribution >= 0.6 is 11.6 Å². The molecule has 0 amide bonds. The Bertz CT molecular complexity index is 630. The summed E-state index contributed by atoms with van der Waals surface area (Å²) in [5.41, 5.74) is 9.32. The van der Waals surface area contributed by atoms with Gasteiger partial charge < -0.3 is 20.5 Å². The highest BCUT2D eigenvalue weighted by atomic mass is 35.5. The summed E-state index contributed by atoms with van der Waals surface area (Å²) in [6.07, 6.45) is 0. The normalized spacial score (nSPS) is 10.2. The van der Waals surface area contributed by atoms with Gasteiger partial charge >= 0.3 is 0 Å². The van der Waals surface area contributed by atoms with Crippen molar-refractivity contribution in [3.63, 3.8) is 0 Å². The second-order valence-corrected chi connectivity index (χ2v) is 4.81. The van der Waals surface area contributed by atoms with Crippen LogP contribution in [0.3, 0.4) is 0 Å². The number of aryl methyl sites for hydroxylation is 1. The van der Waals surface area contributed by atoms with Gasteiger partial charge in [0.15, 0.2) is 0 Å². The highest BCUT2D eigenvalue weighted by Crippen LogP contribution is 2.38. The van der Waals surface area contributed by atoms with E-state index >= 15 is 0 Å². The zero-order chi connectivity index (χ0) is 14.7. The van der Waals surface area contributed by atoms with Gasteiger partial charge in [0, 0.05) is 12.1 Å². The van der Waals surface area contributed by atoms with E-state index in [2.05, 4.69) is 5.32 Å². The van der Waals surface area contributed by atoms with Crippen LogP contribution in [0.5, 0.6) is 11.5 Å². The number of nitrogens with two attached hydrogens (primary N) is 1. The molecule has 0 aliphatic heterocycles. The molecule has 0 atom stereocenters. The van der Waals surface area contributed by atoms with E-state index < -0.39 is 0 Å². The third-order valence-electron chi connectivity index (χ3n) is 2.95. The first-order valence-electron chi connectivity index (χ1n) is 6.10. The Morgan fingerprint density at radius 3 is 2.30 bits per heavy atom. The van der Waals surface area contributed by atoms with Gasteiger partial charge in [-0.25, -0.2) is 0 Å². The lowest BCUT2D eigenvalue weighted by Gasteiger charge is -2.15. The maximum atomic E-state index is 6.08. The van der Waals surface area contributed by atoms with Crippen LogP contribution in [0, 0.1) is 6.92 Å². The van der Waals surface area contributed by atoms with E-state index in [1.54, 1.807) is 26.4 Å². The summed E-state index contributed by atoms with van der Waals surface area (Å²) >= 11 is 6.08. The molecule has 2 aromatic carbocycles. The van der Waals surface area contributed by atoms with E-state index in [-0.39, 0.29) is 0 Å². The van der Waals surface area contributed by atoms with Crippen molar-refractivity contribution >= 4 is 28.7 Å². The lowest BCUT2D eigenvalue weighted by molar-refractivity contribution is 0.405. The first-order valence-corrected chi connectivity index (χ1v) is 6.47. The van der Waals surface area contributed by atoms with Crippen LogP contribution in [0.25, 0.3) is 0 Å². The number of anilines is 3. The summed E-state index contributed by atoms with van der Waals surface area (Å²) in [5, 5.41) is 3.72. The molecule has 3 N–H and O–H groups in total. The molecule has 0 unspecified atom stereocenters. The van der Waals surface area contributed by atoms with Crippen LogP contribution in [0.2, 0.25) is 5.02 Å². The number of hydrogen-bond acceptors (Lipinski definition) is 4. The van der Waals surface area contributed by atoms with E-state index in [1.807, 2.05) is 25.1 Å². The number of halogens is 1. The molecule has 0 aliphatic carbocycles. The van der Waals surface area contributed by atoms with Crippen molar-refractivity contribution in [2.45, 2.75) is 6.92 Å². The molecule has 0 fully saturated rings. The molecule has 0 bridgehead atoms. The molecule has 0 aromatic heterocycles. The van der Waals surface area contributed by atoms with Crippen LogP contribution < -0.4 is 20.5 Å². The number of nitrogen functional groups attached to an aromatic ring is 1. The van der Waals surface area contributed by atoms with Crippen molar-refractivity contribution in [2.24, 2.45) is 0 Å². The molecule has 0 aliphatic rings. The standard InChI is InChI=1S/C15H17ClN2O2/c1-9-4-5-12(11(17)6-9)18-13-8-14(19-2)10(16)7-15(13)20-3/h4-8,18H,17H2,1-3H3. The lowest BCUT2D eigenvalue weighted by atomic mass is 10.2. The van der Waals surface area contributed by atoms with Gasteiger partial charge in [0.05, 0.1) is 36.3 Å². The molecule has 0 saturated carbocycles.